The number of hydrogen-bond donors (Lipinski definition) is 0. The highest BCUT2D eigenvalue weighted by Crippen LogP contribution is 2.42. The molecule has 0 spiro atoms. The molecule has 1 aliphatic rings. The lowest BCUT2D eigenvalue weighted by atomic mass is 9.78. The molecule has 1 aliphatic carbocycles. The molecule has 0 aliphatic heterocycles. The summed E-state index contributed by atoms with van der Waals surface area (Å²) in [7, 11) is 0. The highest BCUT2D eigenvalue weighted by molar-refractivity contribution is 9.10. The van der Waals surface area contributed by atoms with E-state index in [9.17, 15) is 4.39 Å². The fraction of sp³-hybridized carbons (Fsp3) is 0.462. The third kappa shape index (κ3) is 1.69. The zero-order valence-corrected chi connectivity index (χ0v) is 12.4. The van der Waals surface area contributed by atoms with E-state index < -0.39 is 0 Å². The van der Waals surface area contributed by atoms with Gasteiger partial charge in [-0.1, -0.05) is 0 Å². The van der Waals surface area contributed by atoms with Crippen molar-refractivity contribution >= 4 is 38.6 Å². The molecule has 18 heavy (non-hydrogen) atoms. The topological polar surface area (TPSA) is 17.8 Å². The van der Waals surface area contributed by atoms with E-state index in [1.54, 1.807) is 6.07 Å². The van der Waals surface area contributed by atoms with E-state index in [0.29, 0.717) is 15.9 Å². The Kier molecular flexibility index (Phi) is 2.90. The van der Waals surface area contributed by atoms with Gasteiger partial charge in [0.25, 0.3) is 0 Å². The second-order valence-electron chi connectivity index (χ2n) is 5.10. The molecule has 0 amide bonds. The van der Waals surface area contributed by atoms with Crippen LogP contribution < -0.4 is 0 Å². The van der Waals surface area contributed by atoms with E-state index in [1.807, 2.05) is 0 Å². The van der Waals surface area contributed by atoms with Crippen molar-refractivity contribution in [3.63, 3.8) is 0 Å². The van der Waals surface area contributed by atoms with Gasteiger partial charge in [-0.15, -0.1) is 11.6 Å². The van der Waals surface area contributed by atoms with Crippen LogP contribution in [0.3, 0.4) is 0 Å². The summed E-state index contributed by atoms with van der Waals surface area (Å²) in [6, 6.07) is 3.27. The van der Waals surface area contributed by atoms with Crippen molar-refractivity contribution in [3.8, 4) is 0 Å². The summed E-state index contributed by atoms with van der Waals surface area (Å²) in [5.74, 6) is 0.891. The molecule has 5 heteroatoms. The van der Waals surface area contributed by atoms with Crippen molar-refractivity contribution in [2.24, 2.45) is 0 Å². The van der Waals surface area contributed by atoms with Crippen molar-refractivity contribution in [3.05, 3.63) is 28.2 Å². The van der Waals surface area contributed by atoms with Gasteiger partial charge in [0, 0.05) is 11.6 Å². The largest absolute Gasteiger partial charge is 0.321 e. The molecule has 1 aromatic carbocycles. The van der Waals surface area contributed by atoms with Gasteiger partial charge in [0.15, 0.2) is 0 Å². The molecule has 0 N–H and O–H groups in total. The lowest BCUT2D eigenvalue weighted by molar-refractivity contribution is 0.171. The van der Waals surface area contributed by atoms with E-state index in [2.05, 4.69) is 32.4 Å². The minimum absolute atomic E-state index is 0.0796. The number of benzene rings is 1. The van der Waals surface area contributed by atoms with Gasteiger partial charge in [-0.05, 0) is 48.2 Å². The Bertz CT molecular complexity index is 619. The highest BCUT2D eigenvalue weighted by Gasteiger charge is 2.36. The third-order valence-corrected chi connectivity index (χ3v) is 4.70. The molecule has 3 rings (SSSR count). The van der Waals surface area contributed by atoms with Gasteiger partial charge in [-0.25, -0.2) is 9.37 Å². The fourth-order valence-corrected chi connectivity index (χ4v) is 3.24. The molecule has 1 fully saturated rings. The molecule has 2 nitrogen and oxygen atoms in total. The molecule has 0 bridgehead atoms. The average Bonchev–Trinajstić information content (AvgIpc) is 2.65. The number of fused-ring (bicyclic) bond motifs is 1. The molecule has 1 heterocycles. The van der Waals surface area contributed by atoms with Gasteiger partial charge >= 0.3 is 0 Å². The van der Waals surface area contributed by atoms with Gasteiger partial charge in [0.1, 0.15) is 11.6 Å². The van der Waals surface area contributed by atoms with Crippen LogP contribution in [0.15, 0.2) is 16.6 Å². The maximum absolute atomic E-state index is 13.6. The van der Waals surface area contributed by atoms with Crippen LogP contribution in [-0.2, 0) is 11.4 Å². The predicted molar refractivity (Wildman–Crippen MR) is 74.4 cm³/mol. The number of alkyl halides is 1. The first kappa shape index (κ1) is 12.4. The van der Waals surface area contributed by atoms with Crippen LogP contribution in [0.2, 0.25) is 0 Å². The second-order valence-corrected chi connectivity index (χ2v) is 6.22. The number of aromatic nitrogens is 2. The Balaban J connectivity index is 2.30. The molecule has 1 aromatic heterocycles. The highest BCUT2D eigenvalue weighted by atomic mass is 79.9. The number of rotatable bonds is 2. The molecule has 0 unspecified atom stereocenters. The number of hydrogen-bond acceptors (Lipinski definition) is 1. The Labute approximate surface area is 118 Å². The Morgan fingerprint density at radius 1 is 1.50 bits per heavy atom. The summed E-state index contributed by atoms with van der Waals surface area (Å²) < 4.78 is 16.2. The van der Waals surface area contributed by atoms with Crippen molar-refractivity contribution in [2.75, 3.05) is 0 Å². The van der Waals surface area contributed by atoms with Crippen molar-refractivity contribution in [2.45, 2.75) is 37.6 Å². The van der Waals surface area contributed by atoms with Crippen LogP contribution in [0.4, 0.5) is 4.39 Å². The Morgan fingerprint density at radius 2 is 2.22 bits per heavy atom. The van der Waals surface area contributed by atoms with Crippen LogP contribution in [0.1, 0.15) is 32.0 Å². The van der Waals surface area contributed by atoms with Gasteiger partial charge in [-0.3, -0.25) is 0 Å². The first-order valence-corrected chi connectivity index (χ1v) is 7.31. The van der Waals surface area contributed by atoms with Crippen LogP contribution in [-0.4, -0.2) is 9.55 Å². The zero-order chi connectivity index (χ0) is 12.9. The zero-order valence-electron chi connectivity index (χ0n) is 10.0. The molecule has 0 atom stereocenters. The maximum Gasteiger partial charge on any atom is 0.139 e. The van der Waals surface area contributed by atoms with Gasteiger partial charge in [-0.2, -0.15) is 0 Å². The number of imidazole rings is 1. The van der Waals surface area contributed by atoms with E-state index in [1.165, 1.54) is 12.5 Å². The van der Waals surface area contributed by atoms with Crippen molar-refractivity contribution in [1.82, 2.24) is 9.55 Å². The van der Waals surface area contributed by atoms with Gasteiger partial charge < -0.3 is 4.57 Å². The van der Waals surface area contributed by atoms with Gasteiger partial charge in [0.2, 0.25) is 0 Å². The number of halogens is 3. The molecular formula is C13H13BrClFN2. The second kappa shape index (κ2) is 4.20. The summed E-state index contributed by atoms with van der Waals surface area (Å²) in [6.45, 7) is 2.21. The lowest BCUT2D eigenvalue weighted by Gasteiger charge is -2.41. The first-order valence-electron chi connectivity index (χ1n) is 5.98. The third-order valence-electron chi connectivity index (χ3n) is 3.86. The monoisotopic (exact) mass is 330 g/mol. The van der Waals surface area contributed by atoms with Crippen LogP contribution in [0.5, 0.6) is 0 Å². The maximum atomic E-state index is 13.6. The fourth-order valence-electron chi connectivity index (χ4n) is 2.73. The van der Waals surface area contributed by atoms with Crippen molar-refractivity contribution < 1.29 is 4.39 Å². The Hall–Kier alpha value is -0.610. The summed E-state index contributed by atoms with van der Waals surface area (Å²) in [6.07, 6.45) is 3.47. The van der Waals surface area contributed by atoms with Crippen molar-refractivity contribution in [1.29, 1.82) is 0 Å². The molecule has 96 valence electrons. The quantitative estimate of drug-likeness (QED) is 0.737. The van der Waals surface area contributed by atoms with Crippen LogP contribution in [0.25, 0.3) is 11.0 Å². The predicted octanol–water partition coefficient (Wildman–Crippen LogP) is 4.58. The van der Waals surface area contributed by atoms with Crippen LogP contribution in [0, 0.1) is 5.82 Å². The molecule has 0 saturated heterocycles. The summed E-state index contributed by atoms with van der Waals surface area (Å²) in [5, 5.41) is 0. The van der Waals surface area contributed by atoms with E-state index in [-0.39, 0.29) is 11.4 Å². The number of nitrogens with zero attached hydrogens (tertiary/aromatic N) is 2. The molecule has 0 radical (unpaired) electrons. The standard InChI is InChI=1S/C13H13BrClFN2/c1-13(3-2-4-13)18-11-5-8(14)9(16)6-10(11)17-12(18)7-15/h5-6H,2-4,7H2,1H3. The summed E-state index contributed by atoms with van der Waals surface area (Å²) in [5.41, 5.74) is 1.72. The minimum atomic E-state index is -0.285. The Morgan fingerprint density at radius 3 is 2.78 bits per heavy atom. The average molecular weight is 332 g/mol. The summed E-state index contributed by atoms with van der Waals surface area (Å²) >= 11 is 9.22. The van der Waals surface area contributed by atoms with E-state index in [4.69, 9.17) is 11.6 Å². The lowest BCUT2D eigenvalue weighted by Crippen LogP contribution is -2.38. The SMILES string of the molecule is CC1(n2c(CCl)nc3cc(F)c(Br)cc32)CCC1. The smallest absolute Gasteiger partial charge is 0.139 e. The normalized spacial score (nSPS) is 18.0. The molecule has 1 saturated carbocycles. The van der Waals surface area contributed by atoms with Crippen LogP contribution >= 0.6 is 27.5 Å². The summed E-state index contributed by atoms with van der Waals surface area (Å²) in [4.78, 5) is 4.45. The van der Waals surface area contributed by atoms with E-state index >= 15 is 0 Å². The molecule has 2 aromatic rings. The minimum Gasteiger partial charge on any atom is -0.321 e. The van der Waals surface area contributed by atoms with Gasteiger partial charge in [0.05, 0.1) is 21.4 Å². The first-order chi connectivity index (χ1) is 8.55. The molecular weight excluding hydrogens is 319 g/mol. The van der Waals surface area contributed by atoms with E-state index in [0.717, 1.165) is 24.2 Å².